The maximum Gasteiger partial charge on any atom is 0.0540 e. The SMILES string of the molecule is Cl.ONCC1CCC(O)CC1. The Kier molecular flexibility index (Phi) is 5.86. The van der Waals surface area contributed by atoms with E-state index in [0.29, 0.717) is 12.5 Å². The van der Waals surface area contributed by atoms with Crippen molar-refractivity contribution in [3.05, 3.63) is 0 Å². The van der Waals surface area contributed by atoms with Gasteiger partial charge in [-0.25, -0.2) is 5.48 Å². The zero-order valence-electron chi connectivity index (χ0n) is 6.49. The van der Waals surface area contributed by atoms with Gasteiger partial charge in [-0.15, -0.1) is 12.4 Å². The van der Waals surface area contributed by atoms with Gasteiger partial charge in [0.15, 0.2) is 0 Å². The second kappa shape index (κ2) is 5.77. The number of hydrogen-bond donors (Lipinski definition) is 3. The monoisotopic (exact) mass is 181 g/mol. The quantitative estimate of drug-likeness (QED) is 0.556. The molecule has 0 aromatic rings. The molecule has 1 fully saturated rings. The first-order chi connectivity index (χ1) is 4.83. The Balaban J connectivity index is 0.000001000. The van der Waals surface area contributed by atoms with Gasteiger partial charge in [-0.3, -0.25) is 0 Å². The van der Waals surface area contributed by atoms with Gasteiger partial charge >= 0.3 is 0 Å². The summed E-state index contributed by atoms with van der Waals surface area (Å²) in [4.78, 5) is 0. The van der Waals surface area contributed by atoms with Gasteiger partial charge in [-0.1, -0.05) is 0 Å². The van der Waals surface area contributed by atoms with E-state index in [9.17, 15) is 0 Å². The van der Waals surface area contributed by atoms with Crippen molar-refractivity contribution in [2.45, 2.75) is 31.8 Å². The predicted molar refractivity (Wildman–Crippen MR) is 45.0 cm³/mol. The van der Waals surface area contributed by atoms with Crippen molar-refractivity contribution in [3.63, 3.8) is 0 Å². The van der Waals surface area contributed by atoms with E-state index in [1.807, 2.05) is 0 Å². The van der Waals surface area contributed by atoms with Gasteiger partial charge in [0.1, 0.15) is 0 Å². The lowest BCUT2D eigenvalue weighted by atomic mass is 9.88. The normalized spacial score (nSPS) is 31.1. The third-order valence-corrected chi connectivity index (χ3v) is 2.20. The number of hydrogen-bond acceptors (Lipinski definition) is 3. The Hall–Kier alpha value is 0.170. The van der Waals surface area contributed by atoms with Crippen molar-refractivity contribution < 1.29 is 10.3 Å². The van der Waals surface area contributed by atoms with Crippen LogP contribution in [0.3, 0.4) is 0 Å². The summed E-state index contributed by atoms with van der Waals surface area (Å²) in [5.41, 5.74) is 2.17. The second-order valence-corrected chi connectivity index (χ2v) is 3.04. The molecule has 0 spiro atoms. The number of hydroxylamine groups is 1. The first kappa shape index (κ1) is 11.2. The molecule has 1 rings (SSSR count). The highest BCUT2D eigenvalue weighted by molar-refractivity contribution is 5.85. The zero-order valence-corrected chi connectivity index (χ0v) is 7.31. The van der Waals surface area contributed by atoms with Crippen LogP contribution >= 0.6 is 12.4 Å². The van der Waals surface area contributed by atoms with E-state index in [4.69, 9.17) is 10.3 Å². The van der Waals surface area contributed by atoms with E-state index in [1.54, 1.807) is 0 Å². The fraction of sp³-hybridized carbons (Fsp3) is 1.00. The maximum absolute atomic E-state index is 9.11. The molecule has 0 saturated heterocycles. The fourth-order valence-corrected chi connectivity index (χ4v) is 1.48. The minimum Gasteiger partial charge on any atom is -0.393 e. The summed E-state index contributed by atoms with van der Waals surface area (Å²) < 4.78 is 0. The number of nitrogens with one attached hydrogen (secondary N) is 1. The highest BCUT2D eigenvalue weighted by atomic mass is 35.5. The molecule has 1 aliphatic rings. The van der Waals surface area contributed by atoms with E-state index in [0.717, 1.165) is 25.7 Å². The summed E-state index contributed by atoms with van der Waals surface area (Å²) in [6, 6.07) is 0. The lowest BCUT2D eigenvalue weighted by Crippen LogP contribution is -2.26. The fourth-order valence-electron chi connectivity index (χ4n) is 1.48. The zero-order chi connectivity index (χ0) is 7.40. The Morgan fingerprint density at radius 2 is 1.73 bits per heavy atom. The minimum atomic E-state index is -0.0880. The molecule has 0 aromatic carbocycles. The highest BCUT2D eigenvalue weighted by Crippen LogP contribution is 2.22. The molecular weight excluding hydrogens is 166 g/mol. The van der Waals surface area contributed by atoms with Crippen LogP contribution in [0.15, 0.2) is 0 Å². The molecule has 0 heterocycles. The van der Waals surface area contributed by atoms with Gasteiger partial charge in [0.05, 0.1) is 6.10 Å². The van der Waals surface area contributed by atoms with Crippen LogP contribution in [0.5, 0.6) is 0 Å². The number of aliphatic hydroxyl groups is 1. The summed E-state index contributed by atoms with van der Waals surface area (Å²) in [5.74, 6) is 0.563. The van der Waals surface area contributed by atoms with E-state index in [2.05, 4.69) is 5.48 Å². The maximum atomic E-state index is 9.11. The molecule has 1 saturated carbocycles. The minimum absolute atomic E-state index is 0. The van der Waals surface area contributed by atoms with Crippen LogP contribution < -0.4 is 5.48 Å². The summed E-state index contributed by atoms with van der Waals surface area (Å²) in [5, 5.41) is 17.5. The lowest BCUT2D eigenvalue weighted by Gasteiger charge is -2.24. The third-order valence-electron chi connectivity index (χ3n) is 2.20. The number of aliphatic hydroxyl groups excluding tert-OH is 1. The predicted octanol–water partition coefficient (Wildman–Crippen LogP) is 0.938. The second-order valence-electron chi connectivity index (χ2n) is 3.04. The summed E-state index contributed by atoms with van der Waals surface area (Å²) in [6.45, 7) is 0.673. The van der Waals surface area contributed by atoms with Gasteiger partial charge in [0.25, 0.3) is 0 Å². The molecule has 3 N–H and O–H groups in total. The number of halogens is 1. The largest absolute Gasteiger partial charge is 0.393 e. The standard InChI is InChI=1S/C7H15NO2.ClH/c9-7-3-1-6(2-4-7)5-8-10;/h6-10H,1-5H2;1H. The smallest absolute Gasteiger partial charge is 0.0540 e. The molecule has 0 aromatic heterocycles. The van der Waals surface area contributed by atoms with E-state index < -0.39 is 0 Å². The molecule has 11 heavy (non-hydrogen) atoms. The van der Waals surface area contributed by atoms with Gasteiger partial charge in [-0.2, -0.15) is 0 Å². The first-order valence-corrected chi connectivity index (χ1v) is 3.88. The van der Waals surface area contributed by atoms with Gasteiger partial charge in [-0.05, 0) is 31.6 Å². The van der Waals surface area contributed by atoms with Crippen LogP contribution in [0.2, 0.25) is 0 Å². The first-order valence-electron chi connectivity index (χ1n) is 3.88. The molecule has 0 atom stereocenters. The molecule has 0 aliphatic heterocycles. The van der Waals surface area contributed by atoms with Crippen LogP contribution in [0.25, 0.3) is 0 Å². The van der Waals surface area contributed by atoms with E-state index >= 15 is 0 Å². The van der Waals surface area contributed by atoms with Crippen molar-refractivity contribution in [1.29, 1.82) is 0 Å². The van der Waals surface area contributed by atoms with Crippen molar-refractivity contribution in [1.82, 2.24) is 5.48 Å². The Morgan fingerprint density at radius 3 is 2.18 bits per heavy atom. The van der Waals surface area contributed by atoms with Crippen LogP contribution in [-0.4, -0.2) is 23.0 Å². The van der Waals surface area contributed by atoms with E-state index in [1.165, 1.54) is 0 Å². The number of rotatable bonds is 2. The van der Waals surface area contributed by atoms with Crippen LogP contribution in [-0.2, 0) is 0 Å². The lowest BCUT2D eigenvalue weighted by molar-refractivity contribution is 0.0863. The molecule has 0 radical (unpaired) electrons. The topological polar surface area (TPSA) is 52.5 Å². The van der Waals surface area contributed by atoms with Crippen molar-refractivity contribution >= 4 is 12.4 Å². The van der Waals surface area contributed by atoms with Gasteiger partial charge in [0, 0.05) is 6.54 Å². The van der Waals surface area contributed by atoms with Crippen molar-refractivity contribution in [2.24, 2.45) is 5.92 Å². The van der Waals surface area contributed by atoms with Crippen LogP contribution in [0, 0.1) is 5.92 Å². The summed E-state index contributed by atoms with van der Waals surface area (Å²) in [6.07, 6.45) is 3.78. The van der Waals surface area contributed by atoms with Crippen molar-refractivity contribution in [2.75, 3.05) is 6.54 Å². The molecule has 1 aliphatic carbocycles. The summed E-state index contributed by atoms with van der Waals surface area (Å²) >= 11 is 0. The molecule has 3 nitrogen and oxygen atoms in total. The van der Waals surface area contributed by atoms with Gasteiger partial charge < -0.3 is 10.3 Å². The third kappa shape index (κ3) is 3.91. The Labute approximate surface area is 73.2 Å². The van der Waals surface area contributed by atoms with Crippen LogP contribution in [0.4, 0.5) is 0 Å². The molecule has 4 heteroatoms. The average molecular weight is 182 g/mol. The average Bonchev–Trinajstić information content (AvgIpc) is 1.95. The van der Waals surface area contributed by atoms with Gasteiger partial charge in [0.2, 0.25) is 0 Å². The molecule has 0 unspecified atom stereocenters. The Bertz CT molecular complexity index is 94.4. The van der Waals surface area contributed by atoms with Crippen LogP contribution in [0.1, 0.15) is 25.7 Å². The Morgan fingerprint density at radius 1 is 1.18 bits per heavy atom. The van der Waals surface area contributed by atoms with Crippen molar-refractivity contribution in [3.8, 4) is 0 Å². The molecular formula is C7H16ClNO2. The highest BCUT2D eigenvalue weighted by Gasteiger charge is 2.18. The molecule has 68 valence electrons. The molecule has 0 amide bonds. The van der Waals surface area contributed by atoms with E-state index in [-0.39, 0.29) is 18.5 Å². The summed E-state index contributed by atoms with van der Waals surface area (Å²) in [7, 11) is 0. The molecule has 0 bridgehead atoms.